The molecule has 0 aliphatic rings. The minimum absolute atomic E-state index is 0.140. The van der Waals surface area contributed by atoms with Crippen molar-refractivity contribution in [3.8, 4) is 11.3 Å². The summed E-state index contributed by atoms with van der Waals surface area (Å²) in [5.74, 6) is 0.839. The fourth-order valence-electron chi connectivity index (χ4n) is 2.05. The summed E-state index contributed by atoms with van der Waals surface area (Å²) in [4.78, 5) is 21.9. The van der Waals surface area contributed by atoms with Crippen molar-refractivity contribution in [2.24, 2.45) is 0 Å². The minimum Gasteiger partial charge on any atom is -0.298 e. The highest BCUT2D eigenvalue weighted by Gasteiger charge is 2.10. The summed E-state index contributed by atoms with van der Waals surface area (Å²) in [7, 11) is 0. The van der Waals surface area contributed by atoms with Gasteiger partial charge in [0.15, 0.2) is 5.13 Å². The Labute approximate surface area is 143 Å². The van der Waals surface area contributed by atoms with Crippen LogP contribution < -0.4 is 5.32 Å². The van der Waals surface area contributed by atoms with Crippen LogP contribution in [0.5, 0.6) is 0 Å². The Morgan fingerprint density at radius 2 is 2.09 bits per heavy atom. The smallest absolute Gasteiger partial charge is 0.257 e. The molecule has 3 rings (SSSR count). The monoisotopic (exact) mass is 341 g/mol. The van der Waals surface area contributed by atoms with E-state index in [1.807, 2.05) is 41.8 Å². The molecule has 116 valence electrons. The predicted octanol–water partition coefficient (Wildman–Crippen LogP) is 4.57. The van der Waals surface area contributed by atoms with E-state index in [-0.39, 0.29) is 5.91 Å². The average Bonchev–Trinajstić information content (AvgIpc) is 3.05. The summed E-state index contributed by atoms with van der Waals surface area (Å²) in [6.07, 6.45) is 3.45. The molecule has 6 heteroatoms. The van der Waals surface area contributed by atoms with Crippen LogP contribution in [0.2, 0.25) is 0 Å². The maximum absolute atomic E-state index is 12.4. The number of aromatic nitrogens is 2. The summed E-state index contributed by atoms with van der Waals surface area (Å²) in [6.45, 7) is 2.09. The van der Waals surface area contributed by atoms with Crippen molar-refractivity contribution >= 4 is 34.1 Å². The van der Waals surface area contributed by atoms with E-state index in [0.717, 1.165) is 21.9 Å². The SMILES string of the molecule is CCSc1cccc(C(=O)Nc2nc(-c3ccncc3)cs2)c1. The lowest BCUT2D eigenvalue weighted by atomic mass is 10.2. The van der Waals surface area contributed by atoms with Gasteiger partial charge in [0, 0.05) is 33.8 Å². The molecule has 0 unspecified atom stereocenters. The highest BCUT2D eigenvalue weighted by atomic mass is 32.2. The highest BCUT2D eigenvalue weighted by Crippen LogP contribution is 2.25. The van der Waals surface area contributed by atoms with Gasteiger partial charge in [-0.2, -0.15) is 0 Å². The Morgan fingerprint density at radius 1 is 1.26 bits per heavy atom. The lowest BCUT2D eigenvalue weighted by Crippen LogP contribution is -2.11. The summed E-state index contributed by atoms with van der Waals surface area (Å²) >= 11 is 3.13. The Morgan fingerprint density at radius 3 is 2.87 bits per heavy atom. The number of hydrogen-bond donors (Lipinski definition) is 1. The number of pyridine rings is 1. The number of benzene rings is 1. The molecule has 0 spiro atoms. The predicted molar refractivity (Wildman–Crippen MR) is 96.1 cm³/mol. The first-order chi connectivity index (χ1) is 11.3. The Kier molecular flexibility index (Phi) is 5.05. The number of thioether (sulfide) groups is 1. The van der Waals surface area contributed by atoms with E-state index in [0.29, 0.717) is 10.7 Å². The van der Waals surface area contributed by atoms with E-state index >= 15 is 0 Å². The number of carbonyl (C=O) groups is 1. The molecule has 0 saturated carbocycles. The van der Waals surface area contributed by atoms with E-state index in [1.54, 1.807) is 24.2 Å². The molecule has 2 aromatic heterocycles. The maximum atomic E-state index is 12.4. The molecule has 3 aromatic rings. The third-order valence-electron chi connectivity index (χ3n) is 3.11. The second-order valence-corrected chi connectivity index (χ2v) is 6.88. The molecule has 23 heavy (non-hydrogen) atoms. The van der Waals surface area contributed by atoms with Gasteiger partial charge in [0.05, 0.1) is 5.69 Å². The van der Waals surface area contributed by atoms with E-state index in [1.165, 1.54) is 11.3 Å². The van der Waals surface area contributed by atoms with Crippen LogP contribution >= 0.6 is 23.1 Å². The van der Waals surface area contributed by atoms with Gasteiger partial charge in [-0.15, -0.1) is 23.1 Å². The number of nitrogens with zero attached hydrogens (tertiary/aromatic N) is 2. The molecule has 2 heterocycles. The van der Waals surface area contributed by atoms with Crippen LogP contribution in [0.15, 0.2) is 59.1 Å². The maximum Gasteiger partial charge on any atom is 0.257 e. The number of hydrogen-bond acceptors (Lipinski definition) is 5. The molecule has 0 radical (unpaired) electrons. The second kappa shape index (κ2) is 7.39. The van der Waals surface area contributed by atoms with Crippen molar-refractivity contribution < 1.29 is 4.79 Å². The van der Waals surface area contributed by atoms with Gasteiger partial charge in [0.25, 0.3) is 5.91 Å². The molecular formula is C17H15N3OS2. The molecular weight excluding hydrogens is 326 g/mol. The summed E-state index contributed by atoms with van der Waals surface area (Å²) in [5.41, 5.74) is 2.46. The van der Waals surface area contributed by atoms with Crippen LogP contribution in [0, 0.1) is 0 Å². The third-order valence-corrected chi connectivity index (χ3v) is 4.74. The largest absolute Gasteiger partial charge is 0.298 e. The van der Waals surface area contributed by atoms with Crippen molar-refractivity contribution in [3.63, 3.8) is 0 Å². The van der Waals surface area contributed by atoms with Crippen molar-refractivity contribution in [2.45, 2.75) is 11.8 Å². The van der Waals surface area contributed by atoms with Gasteiger partial charge in [0.1, 0.15) is 0 Å². The summed E-state index contributed by atoms with van der Waals surface area (Å²) in [6, 6.07) is 11.4. The zero-order valence-electron chi connectivity index (χ0n) is 12.5. The zero-order chi connectivity index (χ0) is 16.1. The average molecular weight is 341 g/mol. The number of nitrogens with one attached hydrogen (secondary N) is 1. The van der Waals surface area contributed by atoms with Crippen molar-refractivity contribution in [3.05, 3.63) is 59.7 Å². The first kappa shape index (κ1) is 15.7. The lowest BCUT2D eigenvalue weighted by Gasteiger charge is -2.04. The number of anilines is 1. The highest BCUT2D eigenvalue weighted by molar-refractivity contribution is 7.99. The fourth-order valence-corrected chi connectivity index (χ4v) is 3.48. The molecule has 4 nitrogen and oxygen atoms in total. The van der Waals surface area contributed by atoms with Crippen molar-refractivity contribution in [2.75, 3.05) is 11.1 Å². The molecule has 0 aliphatic heterocycles. The van der Waals surface area contributed by atoms with Gasteiger partial charge < -0.3 is 0 Å². The normalized spacial score (nSPS) is 10.5. The van der Waals surface area contributed by atoms with E-state index in [9.17, 15) is 4.79 Å². The lowest BCUT2D eigenvalue weighted by molar-refractivity contribution is 0.102. The molecule has 1 amide bonds. The van der Waals surface area contributed by atoms with Crippen LogP contribution in [0.4, 0.5) is 5.13 Å². The van der Waals surface area contributed by atoms with Crippen LogP contribution in [-0.2, 0) is 0 Å². The summed E-state index contributed by atoms with van der Waals surface area (Å²) in [5, 5.41) is 5.38. The number of rotatable bonds is 5. The fraction of sp³-hybridized carbons (Fsp3) is 0.118. The summed E-state index contributed by atoms with van der Waals surface area (Å²) < 4.78 is 0. The first-order valence-corrected chi connectivity index (χ1v) is 9.03. The van der Waals surface area contributed by atoms with E-state index < -0.39 is 0 Å². The molecule has 1 N–H and O–H groups in total. The van der Waals surface area contributed by atoms with Gasteiger partial charge in [-0.1, -0.05) is 13.0 Å². The standard InChI is InChI=1S/C17H15N3OS2/c1-2-22-14-5-3-4-13(10-14)16(21)20-17-19-15(11-23-17)12-6-8-18-9-7-12/h3-11H,2H2,1H3,(H,19,20,21). The topological polar surface area (TPSA) is 54.9 Å². The number of carbonyl (C=O) groups excluding carboxylic acids is 1. The quantitative estimate of drug-likeness (QED) is 0.691. The van der Waals surface area contributed by atoms with Gasteiger partial charge in [-0.3, -0.25) is 15.1 Å². The molecule has 0 atom stereocenters. The third kappa shape index (κ3) is 3.97. The molecule has 0 fully saturated rings. The first-order valence-electron chi connectivity index (χ1n) is 7.16. The zero-order valence-corrected chi connectivity index (χ0v) is 14.2. The van der Waals surface area contributed by atoms with E-state index in [4.69, 9.17) is 0 Å². The number of amides is 1. The number of thiazole rings is 1. The molecule has 0 bridgehead atoms. The van der Waals surface area contributed by atoms with Gasteiger partial charge in [-0.05, 0) is 36.1 Å². The van der Waals surface area contributed by atoms with Crippen molar-refractivity contribution in [1.82, 2.24) is 9.97 Å². The Balaban J connectivity index is 1.73. The molecule has 1 aromatic carbocycles. The van der Waals surface area contributed by atoms with Gasteiger partial charge in [0.2, 0.25) is 0 Å². The Hall–Kier alpha value is -2.18. The minimum atomic E-state index is -0.140. The van der Waals surface area contributed by atoms with Gasteiger partial charge >= 0.3 is 0 Å². The van der Waals surface area contributed by atoms with Gasteiger partial charge in [-0.25, -0.2) is 4.98 Å². The van der Waals surface area contributed by atoms with Crippen LogP contribution in [0.1, 0.15) is 17.3 Å². The van der Waals surface area contributed by atoms with Crippen molar-refractivity contribution in [1.29, 1.82) is 0 Å². The second-order valence-electron chi connectivity index (χ2n) is 4.69. The van der Waals surface area contributed by atoms with Crippen LogP contribution in [-0.4, -0.2) is 21.6 Å². The molecule has 0 saturated heterocycles. The van der Waals surface area contributed by atoms with Crippen LogP contribution in [0.25, 0.3) is 11.3 Å². The Bertz CT molecular complexity index is 802. The van der Waals surface area contributed by atoms with Crippen LogP contribution in [0.3, 0.4) is 0 Å². The molecule has 0 aliphatic carbocycles. The van der Waals surface area contributed by atoms with E-state index in [2.05, 4.69) is 22.2 Å².